The van der Waals surface area contributed by atoms with Gasteiger partial charge in [-0.25, -0.2) is 8.42 Å². The Kier molecular flexibility index (Phi) is 4.92. The number of benzene rings is 2. The third-order valence-corrected chi connectivity index (χ3v) is 6.32. The summed E-state index contributed by atoms with van der Waals surface area (Å²) in [6.07, 6.45) is 2.18. The number of nitrogens with one attached hydrogen (secondary N) is 1. The number of sulfonamides is 1. The van der Waals surface area contributed by atoms with E-state index < -0.39 is 10.0 Å². The molecule has 0 saturated heterocycles. The van der Waals surface area contributed by atoms with Gasteiger partial charge in [0.15, 0.2) is 5.76 Å². The van der Waals surface area contributed by atoms with E-state index in [0.717, 1.165) is 28.7 Å². The Morgan fingerprint density at radius 3 is 2.72 bits per heavy atom. The zero-order chi connectivity index (χ0) is 20.6. The lowest BCUT2D eigenvalue weighted by Crippen LogP contribution is -2.28. The van der Waals surface area contributed by atoms with Gasteiger partial charge in [0.1, 0.15) is 0 Å². The minimum atomic E-state index is -3.60. The molecule has 0 saturated carbocycles. The van der Waals surface area contributed by atoms with Gasteiger partial charge in [-0.2, -0.15) is 0 Å². The van der Waals surface area contributed by atoms with Gasteiger partial charge in [-0.1, -0.05) is 29.8 Å². The Balaban J connectivity index is 1.57. The average molecular weight is 410 g/mol. The van der Waals surface area contributed by atoms with E-state index in [1.54, 1.807) is 29.2 Å². The van der Waals surface area contributed by atoms with E-state index in [1.807, 2.05) is 38.1 Å². The summed E-state index contributed by atoms with van der Waals surface area (Å²) in [7, 11) is -3.60. The smallest absolute Gasteiger partial charge is 0.293 e. The standard InChI is InChI=1S/C22H22N2O4S/c1-15-5-6-16(2)18(12-15)14-29(26,27)23-19-8-7-17-9-10-24(20(17)13-19)22(25)21-4-3-11-28-21/h3-8,11-13,23H,9-10,14H2,1-2H3. The molecule has 1 amide bonds. The summed E-state index contributed by atoms with van der Waals surface area (Å²) in [6, 6.07) is 14.4. The molecule has 0 fully saturated rings. The van der Waals surface area contributed by atoms with Crippen molar-refractivity contribution in [2.75, 3.05) is 16.2 Å². The van der Waals surface area contributed by atoms with Crippen LogP contribution < -0.4 is 9.62 Å². The molecule has 0 aliphatic carbocycles. The van der Waals surface area contributed by atoms with Gasteiger partial charge in [-0.15, -0.1) is 0 Å². The average Bonchev–Trinajstić information content (AvgIpc) is 3.33. The molecule has 4 rings (SSSR count). The molecule has 0 atom stereocenters. The van der Waals surface area contributed by atoms with Crippen molar-refractivity contribution in [3.8, 4) is 0 Å². The van der Waals surface area contributed by atoms with E-state index >= 15 is 0 Å². The van der Waals surface area contributed by atoms with Crippen molar-refractivity contribution in [1.29, 1.82) is 0 Å². The molecule has 7 heteroatoms. The summed E-state index contributed by atoms with van der Waals surface area (Å²) in [5.41, 5.74) is 4.87. The van der Waals surface area contributed by atoms with Crippen LogP contribution in [0.5, 0.6) is 0 Å². The molecule has 1 N–H and O–H groups in total. The van der Waals surface area contributed by atoms with Crippen molar-refractivity contribution in [2.24, 2.45) is 0 Å². The Labute approximate surface area is 170 Å². The van der Waals surface area contributed by atoms with Crippen LogP contribution in [-0.2, 0) is 22.2 Å². The van der Waals surface area contributed by atoms with Crippen LogP contribution >= 0.6 is 0 Å². The summed E-state index contributed by atoms with van der Waals surface area (Å²) < 4.78 is 33.3. The number of hydrogen-bond donors (Lipinski definition) is 1. The first-order valence-corrected chi connectivity index (χ1v) is 11.0. The quantitative estimate of drug-likeness (QED) is 0.688. The maximum Gasteiger partial charge on any atom is 0.293 e. The number of amides is 1. The third kappa shape index (κ3) is 4.05. The molecule has 0 unspecified atom stereocenters. The van der Waals surface area contributed by atoms with Crippen LogP contribution in [0, 0.1) is 13.8 Å². The molecular weight excluding hydrogens is 388 g/mol. The summed E-state index contributed by atoms with van der Waals surface area (Å²) in [6.45, 7) is 4.37. The second-order valence-electron chi connectivity index (χ2n) is 7.32. The first kappa shape index (κ1) is 19.3. The third-order valence-electron chi connectivity index (χ3n) is 5.08. The molecular formula is C22H22N2O4S. The molecule has 1 aromatic heterocycles. The highest BCUT2D eigenvalue weighted by Crippen LogP contribution is 2.32. The van der Waals surface area contributed by atoms with Crippen LogP contribution in [0.4, 0.5) is 11.4 Å². The summed E-state index contributed by atoms with van der Waals surface area (Å²) >= 11 is 0. The first-order valence-electron chi connectivity index (χ1n) is 9.37. The molecule has 0 bridgehead atoms. The molecule has 0 radical (unpaired) electrons. The van der Waals surface area contributed by atoms with Gasteiger partial charge >= 0.3 is 0 Å². The number of nitrogens with zero attached hydrogens (tertiary/aromatic N) is 1. The van der Waals surface area contributed by atoms with Crippen molar-refractivity contribution < 1.29 is 17.6 Å². The fourth-order valence-electron chi connectivity index (χ4n) is 3.56. The topological polar surface area (TPSA) is 79.6 Å². The highest BCUT2D eigenvalue weighted by molar-refractivity contribution is 7.91. The lowest BCUT2D eigenvalue weighted by molar-refractivity contribution is 0.0963. The highest BCUT2D eigenvalue weighted by atomic mass is 32.2. The van der Waals surface area contributed by atoms with Crippen LogP contribution in [0.1, 0.15) is 32.8 Å². The van der Waals surface area contributed by atoms with Gasteiger partial charge in [0.2, 0.25) is 10.0 Å². The van der Waals surface area contributed by atoms with Gasteiger partial charge in [-0.3, -0.25) is 9.52 Å². The maximum absolute atomic E-state index is 12.7. The van der Waals surface area contributed by atoms with Crippen LogP contribution in [0.3, 0.4) is 0 Å². The van der Waals surface area contributed by atoms with Crippen molar-refractivity contribution in [1.82, 2.24) is 0 Å². The van der Waals surface area contributed by atoms with E-state index in [4.69, 9.17) is 4.42 Å². The van der Waals surface area contributed by atoms with Gasteiger partial charge < -0.3 is 9.32 Å². The molecule has 1 aliphatic rings. The lowest BCUT2D eigenvalue weighted by Gasteiger charge is -2.17. The SMILES string of the molecule is Cc1ccc(C)c(CS(=O)(=O)Nc2ccc3c(c2)N(C(=O)c2ccco2)CC3)c1. The number of anilines is 2. The van der Waals surface area contributed by atoms with Gasteiger partial charge in [-0.05, 0) is 61.2 Å². The van der Waals surface area contributed by atoms with E-state index in [0.29, 0.717) is 17.9 Å². The summed E-state index contributed by atoms with van der Waals surface area (Å²) in [4.78, 5) is 14.3. The first-order chi connectivity index (χ1) is 13.8. The molecule has 3 aromatic rings. The largest absolute Gasteiger partial charge is 0.459 e. The number of rotatable bonds is 5. The molecule has 2 aromatic carbocycles. The van der Waals surface area contributed by atoms with E-state index in [2.05, 4.69) is 4.72 Å². The number of carbonyl (C=O) groups excluding carboxylic acids is 1. The van der Waals surface area contributed by atoms with Crippen LogP contribution in [0.15, 0.2) is 59.2 Å². The molecule has 0 spiro atoms. The van der Waals surface area contributed by atoms with E-state index in [1.165, 1.54) is 6.26 Å². The molecule has 2 heterocycles. The number of aryl methyl sites for hydroxylation is 2. The fraction of sp³-hybridized carbons (Fsp3) is 0.227. The highest BCUT2D eigenvalue weighted by Gasteiger charge is 2.27. The van der Waals surface area contributed by atoms with Crippen molar-refractivity contribution >= 4 is 27.3 Å². The van der Waals surface area contributed by atoms with Gasteiger partial charge in [0.25, 0.3) is 5.91 Å². The predicted molar refractivity (Wildman–Crippen MR) is 113 cm³/mol. The summed E-state index contributed by atoms with van der Waals surface area (Å²) in [5.74, 6) is -0.0741. The predicted octanol–water partition coefficient (Wildman–Crippen LogP) is 4.04. The second-order valence-corrected chi connectivity index (χ2v) is 9.04. The van der Waals surface area contributed by atoms with Gasteiger partial charge in [0, 0.05) is 12.2 Å². The van der Waals surface area contributed by atoms with Crippen molar-refractivity contribution in [3.05, 3.63) is 82.8 Å². The lowest BCUT2D eigenvalue weighted by atomic mass is 10.1. The Morgan fingerprint density at radius 1 is 1.14 bits per heavy atom. The summed E-state index contributed by atoms with van der Waals surface area (Å²) in [5, 5.41) is 0. The Hall–Kier alpha value is -3.06. The van der Waals surface area contributed by atoms with Crippen LogP contribution in [-0.4, -0.2) is 20.9 Å². The molecule has 150 valence electrons. The normalized spacial score (nSPS) is 13.4. The van der Waals surface area contributed by atoms with E-state index in [-0.39, 0.29) is 17.4 Å². The zero-order valence-electron chi connectivity index (χ0n) is 16.3. The number of fused-ring (bicyclic) bond motifs is 1. The molecule has 29 heavy (non-hydrogen) atoms. The fourth-order valence-corrected chi connectivity index (χ4v) is 4.84. The Morgan fingerprint density at radius 2 is 1.97 bits per heavy atom. The van der Waals surface area contributed by atoms with Crippen molar-refractivity contribution in [2.45, 2.75) is 26.0 Å². The molecule has 1 aliphatic heterocycles. The zero-order valence-corrected chi connectivity index (χ0v) is 17.1. The number of hydrogen-bond acceptors (Lipinski definition) is 4. The van der Waals surface area contributed by atoms with Gasteiger partial charge in [0.05, 0.1) is 17.7 Å². The monoisotopic (exact) mass is 410 g/mol. The van der Waals surface area contributed by atoms with Crippen molar-refractivity contribution in [3.63, 3.8) is 0 Å². The Bertz CT molecular complexity index is 1170. The van der Waals surface area contributed by atoms with Crippen LogP contribution in [0.25, 0.3) is 0 Å². The second kappa shape index (κ2) is 7.40. The van der Waals surface area contributed by atoms with E-state index in [9.17, 15) is 13.2 Å². The molecule has 6 nitrogen and oxygen atoms in total. The number of furan rings is 1. The maximum atomic E-state index is 12.7. The minimum absolute atomic E-state index is 0.105. The van der Waals surface area contributed by atoms with Crippen LogP contribution in [0.2, 0.25) is 0 Å². The minimum Gasteiger partial charge on any atom is -0.459 e. The number of carbonyl (C=O) groups is 1.